The number of sulfone groups is 1. The van der Waals surface area contributed by atoms with Gasteiger partial charge < -0.3 is 10.2 Å². The molecule has 2 aromatic rings. The Morgan fingerprint density at radius 2 is 2.12 bits per heavy atom. The Kier molecular flexibility index (Phi) is 5.35. The Bertz CT molecular complexity index is 935. The molecule has 0 aliphatic carbocycles. The molecule has 1 aromatic carbocycles. The van der Waals surface area contributed by atoms with Crippen molar-refractivity contribution >= 4 is 20.4 Å². The van der Waals surface area contributed by atoms with Crippen LogP contribution in [0.4, 0.5) is 10.1 Å². The van der Waals surface area contributed by atoms with Crippen LogP contribution in [-0.2, 0) is 9.84 Å². The highest BCUT2D eigenvalue weighted by Gasteiger charge is 2.37. The van der Waals surface area contributed by atoms with Gasteiger partial charge in [0, 0.05) is 49.4 Å². The molecule has 0 bridgehead atoms. The van der Waals surface area contributed by atoms with Crippen LogP contribution < -0.4 is 10.2 Å². The summed E-state index contributed by atoms with van der Waals surface area (Å²) in [6.07, 6.45) is 9.66. The topological polar surface area (TPSA) is 62.3 Å². The molecule has 1 unspecified atom stereocenters. The van der Waals surface area contributed by atoms with E-state index in [-0.39, 0.29) is 17.3 Å². The molecule has 1 aliphatic rings. The number of hydrogen-bond acceptors (Lipinski definition) is 5. The standard InChI is InChI=1S/C19H18FN3O2S/c1-2-4-18(15-5-3-10-21-13-15)26(24,25)19-14-22-11-12-23(19)17-8-6-16(20)7-9-17/h1,3-10,13,19,22H,11-12,14H2/b18-4+. The zero-order chi connectivity index (χ0) is 18.6. The van der Waals surface area contributed by atoms with Crippen LogP contribution in [-0.4, -0.2) is 38.4 Å². The van der Waals surface area contributed by atoms with Crippen molar-refractivity contribution in [2.75, 3.05) is 24.5 Å². The third kappa shape index (κ3) is 3.62. The number of allylic oxidation sites excluding steroid dienone is 1. The Balaban J connectivity index is 2.03. The summed E-state index contributed by atoms with van der Waals surface area (Å²) in [7, 11) is -3.80. The minimum Gasteiger partial charge on any atom is -0.352 e. The highest BCUT2D eigenvalue weighted by Crippen LogP contribution is 2.29. The number of piperazine rings is 1. The summed E-state index contributed by atoms with van der Waals surface area (Å²) in [6, 6.07) is 9.12. The van der Waals surface area contributed by atoms with E-state index in [1.165, 1.54) is 24.4 Å². The lowest BCUT2D eigenvalue weighted by atomic mass is 10.2. The van der Waals surface area contributed by atoms with Crippen LogP contribution in [0.3, 0.4) is 0 Å². The number of rotatable bonds is 4. The zero-order valence-corrected chi connectivity index (χ0v) is 14.8. The second-order valence-corrected chi connectivity index (χ2v) is 7.86. The number of anilines is 1. The molecule has 0 amide bonds. The van der Waals surface area contributed by atoms with Crippen molar-refractivity contribution in [3.63, 3.8) is 0 Å². The molecule has 134 valence electrons. The van der Waals surface area contributed by atoms with Gasteiger partial charge in [0.15, 0.2) is 0 Å². The number of nitrogens with zero attached hydrogens (tertiary/aromatic N) is 2. The molecule has 5 nitrogen and oxygen atoms in total. The van der Waals surface area contributed by atoms with Gasteiger partial charge >= 0.3 is 0 Å². The first-order valence-corrected chi connectivity index (χ1v) is 9.62. The van der Waals surface area contributed by atoms with Crippen molar-refractivity contribution in [2.45, 2.75) is 5.37 Å². The van der Waals surface area contributed by atoms with Crippen LogP contribution in [0.15, 0.2) is 54.9 Å². The molecule has 0 spiro atoms. The van der Waals surface area contributed by atoms with Gasteiger partial charge in [0.05, 0.1) is 4.91 Å². The monoisotopic (exact) mass is 371 g/mol. The second-order valence-electron chi connectivity index (χ2n) is 5.79. The van der Waals surface area contributed by atoms with Crippen molar-refractivity contribution in [3.8, 4) is 12.3 Å². The Hall–Kier alpha value is -2.69. The maximum absolute atomic E-state index is 13.4. The van der Waals surface area contributed by atoms with E-state index < -0.39 is 15.2 Å². The molecule has 7 heteroatoms. The quantitative estimate of drug-likeness (QED) is 0.834. The van der Waals surface area contributed by atoms with E-state index in [0.29, 0.717) is 24.3 Å². The summed E-state index contributed by atoms with van der Waals surface area (Å²) in [5.74, 6) is 1.95. The molecule has 0 radical (unpaired) electrons. The van der Waals surface area contributed by atoms with E-state index in [4.69, 9.17) is 6.42 Å². The predicted molar refractivity (Wildman–Crippen MR) is 100 cm³/mol. The smallest absolute Gasteiger partial charge is 0.201 e. The van der Waals surface area contributed by atoms with E-state index in [1.807, 2.05) is 0 Å². The SMILES string of the molecule is C#C/C=C(\c1cccnc1)S(=O)(=O)C1CNCCN1c1ccc(F)cc1. The summed E-state index contributed by atoms with van der Waals surface area (Å²) < 4.78 is 40.0. The third-order valence-electron chi connectivity index (χ3n) is 4.18. The number of aromatic nitrogens is 1. The second kappa shape index (κ2) is 7.68. The molecule has 26 heavy (non-hydrogen) atoms. The lowest BCUT2D eigenvalue weighted by Crippen LogP contribution is -2.55. The van der Waals surface area contributed by atoms with Crippen LogP contribution in [0.25, 0.3) is 4.91 Å². The Morgan fingerprint density at radius 1 is 1.35 bits per heavy atom. The summed E-state index contributed by atoms with van der Waals surface area (Å²) in [6.45, 7) is 1.35. The minimum atomic E-state index is -3.80. The van der Waals surface area contributed by atoms with E-state index in [9.17, 15) is 12.8 Å². The summed E-state index contributed by atoms with van der Waals surface area (Å²) in [5.41, 5.74) is 1.09. The molecule has 1 aliphatic heterocycles. The third-order valence-corrected chi connectivity index (χ3v) is 6.28. The first kappa shape index (κ1) is 18.1. The van der Waals surface area contributed by atoms with E-state index >= 15 is 0 Å². The summed E-state index contributed by atoms with van der Waals surface area (Å²) in [5, 5.41) is 2.25. The van der Waals surface area contributed by atoms with Gasteiger partial charge in [-0.1, -0.05) is 12.0 Å². The molecule has 0 saturated carbocycles. The number of halogens is 1. The van der Waals surface area contributed by atoms with Gasteiger partial charge in [-0.2, -0.15) is 0 Å². The predicted octanol–water partition coefficient (Wildman–Crippen LogP) is 2.05. The van der Waals surface area contributed by atoms with Crippen molar-refractivity contribution < 1.29 is 12.8 Å². The average molecular weight is 371 g/mol. The number of terminal acetylenes is 1. The molecule has 2 heterocycles. The van der Waals surface area contributed by atoms with Gasteiger partial charge in [0.25, 0.3) is 0 Å². The highest BCUT2D eigenvalue weighted by molar-refractivity contribution is 8.01. The lowest BCUT2D eigenvalue weighted by Gasteiger charge is -2.37. The zero-order valence-electron chi connectivity index (χ0n) is 14.0. The number of benzene rings is 1. The van der Waals surface area contributed by atoms with Crippen molar-refractivity contribution in [1.29, 1.82) is 0 Å². The van der Waals surface area contributed by atoms with Crippen LogP contribution in [0, 0.1) is 18.2 Å². The molecule has 1 saturated heterocycles. The molecule has 1 atom stereocenters. The number of pyridine rings is 1. The summed E-state index contributed by atoms with van der Waals surface area (Å²) in [4.78, 5) is 5.79. The fourth-order valence-corrected chi connectivity index (χ4v) is 4.82. The van der Waals surface area contributed by atoms with Crippen LogP contribution in [0.1, 0.15) is 5.56 Å². The van der Waals surface area contributed by atoms with Gasteiger partial charge in [0.2, 0.25) is 9.84 Å². The molecular weight excluding hydrogens is 353 g/mol. The van der Waals surface area contributed by atoms with Crippen LogP contribution >= 0.6 is 0 Å². The summed E-state index contributed by atoms with van der Waals surface area (Å²) >= 11 is 0. The van der Waals surface area contributed by atoms with Gasteiger partial charge in [-0.25, -0.2) is 12.8 Å². The van der Waals surface area contributed by atoms with Gasteiger partial charge in [-0.05, 0) is 30.3 Å². The van der Waals surface area contributed by atoms with E-state index in [1.54, 1.807) is 35.4 Å². The number of hydrogen-bond donors (Lipinski definition) is 1. The minimum absolute atomic E-state index is 0.0499. The van der Waals surface area contributed by atoms with Crippen LogP contribution in [0.2, 0.25) is 0 Å². The van der Waals surface area contributed by atoms with E-state index in [2.05, 4.69) is 16.2 Å². The van der Waals surface area contributed by atoms with Crippen molar-refractivity contribution in [3.05, 3.63) is 66.2 Å². The van der Waals surface area contributed by atoms with Crippen molar-refractivity contribution in [2.24, 2.45) is 0 Å². The van der Waals surface area contributed by atoms with E-state index in [0.717, 1.165) is 0 Å². The van der Waals surface area contributed by atoms with Gasteiger partial charge in [-0.3, -0.25) is 4.98 Å². The fourth-order valence-electron chi connectivity index (χ4n) is 2.94. The highest BCUT2D eigenvalue weighted by atomic mass is 32.2. The average Bonchev–Trinajstić information content (AvgIpc) is 2.67. The van der Waals surface area contributed by atoms with Gasteiger partial charge in [0.1, 0.15) is 11.2 Å². The molecular formula is C19H18FN3O2S. The first-order valence-electron chi connectivity index (χ1n) is 8.07. The molecule has 1 N–H and O–H groups in total. The first-order chi connectivity index (χ1) is 12.5. The Labute approximate surface area is 152 Å². The van der Waals surface area contributed by atoms with Crippen LogP contribution in [0.5, 0.6) is 0 Å². The largest absolute Gasteiger partial charge is 0.352 e. The maximum Gasteiger partial charge on any atom is 0.201 e. The fraction of sp³-hybridized carbons (Fsp3) is 0.211. The van der Waals surface area contributed by atoms with Crippen molar-refractivity contribution in [1.82, 2.24) is 10.3 Å². The maximum atomic E-state index is 13.4. The lowest BCUT2D eigenvalue weighted by molar-refractivity contribution is 0.524. The van der Waals surface area contributed by atoms with Gasteiger partial charge in [-0.15, -0.1) is 6.42 Å². The molecule has 1 fully saturated rings. The number of nitrogens with one attached hydrogen (secondary N) is 1. The molecule has 1 aromatic heterocycles. The molecule has 3 rings (SSSR count). The Morgan fingerprint density at radius 3 is 2.77 bits per heavy atom. The normalized spacial score (nSPS) is 18.4.